The highest BCUT2D eigenvalue weighted by molar-refractivity contribution is 7.15. The number of methoxy groups -OCH3 is 2. The van der Waals surface area contributed by atoms with E-state index in [1.54, 1.807) is 36.6 Å². The lowest BCUT2D eigenvalue weighted by molar-refractivity contribution is 0.0690. The standard InChI is InChI=1S/C27H29N3O4S/c1-15-6-5-7-17(10-15)25-24(29-16(2)35-25)27(32)30-14-18-11-21(18)22(30)13-28-26(31)20-9-8-19(33-3)12-23(20)34-4/h5-10,12,18,21-22H,11,13-14H2,1-4H3,(H,28,31)/t18-,21?,22-/m1/s1. The fourth-order valence-corrected chi connectivity index (χ4v) is 5.94. The van der Waals surface area contributed by atoms with Gasteiger partial charge in [-0.25, -0.2) is 4.98 Å². The smallest absolute Gasteiger partial charge is 0.274 e. The lowest BCUT2D eigenvalue weighted by atomic mass is 10.1. The third-order valence-electron chi connectivity index (χ3n) is 6.91. The number of fused-ring (bicyclic) bond motifs is 1. The SMILES string of the molecule is COc1ccc(C(=O)NC[C@@H]2C3C[C@@H]3CN2C(=O)c2nc(C)sc2-c2cccc(C)c2)c(OC)c1. The molecule has 2 aliphatic rings. The summed E-state index contributed by atoms with van der Waals surface area (Å²) in [5.74, 6) is 1.70. The Kier molecular flexibility index (Phi) is 6.23. The summed E-state index contributed by atoms with van der Waals surface area (Å²) >= 11 is 1.55. The van der Waals surface area contributed by atoms with Gasteiger partial charge in [-0.15, -0.1) is 11.3 Å². The maximum atomic E-state index is 13.7. The number of benzene rings is 2. The van der Waals surface area contributed by atoms with E-state index in [1.807, 2.05) is 36.9 Å². The van der Waals surface area contributed by atoms with Crippen molar-refractivity contribution in [1.82, 2.24) is 15.2 Å². The zero-order chi connectivity index (χ0) is 24.7. The molecule has 2 heterocycles. The normalized spacial score (nSPS) is 20.3. The number of aromatic nitrogens is 1. The number of likely N-dealkylation sites (tertiary alicyclic amines) is 1. The van der Waals surface area contributed by atoms with Gasteiger partial charge in [0.1, 0.15) is 17.2 Å². The van der Waals surface area contributed by atoms with Gasteiger partial charge in [-0.1, -0.05) is 29.8 Å². The summed E-state index contributed by atoms with van der Waals surface area (Å²) in [4.78, 5) is 34.1. The molecule has 1 saturated heterocycles. The first kappa shape index (κ1) is 23.4. The molecule has 35 heavy (non-hydrogen) atoms. The zero-order valence-electron chi connectivity index (χ0n) is 20.3. The van der Waals surface area contributed by atoms with Gasteiger partial charge in [-0.05, 0) is 49.8 Å². The Morgan fingerprint density at radius 1 is 1.14 bits per heavy atom. The predicted octanol–water partition coefficient (Wildman–Crippen LogP) is 4.33. The lowest BCUT2D eigenvalue weighted by Crippen LogP contribution is -2.45. The van der Waals surface area contributed by atoms with Crippen LogP contribution in [0.3, 0.4) is 0 Å². The van der Waals surface area contributed by atoms with Gasteiger partial charge in [0.05, 0.1) is 35.7 Å². The number of aryl methyl sites for hydroxylation is 2. The van der Waals surface area contributed by atoms with Crippen LogP contribution in [0.2, 0.25) is 0 Å². The van der Waals surface area contributed by atoms with Gasteiger partial charge < -0.3 is 19.7 Å². The molecule has 8 heteroatoms. The van der Waals surface area contributed by atoms with Gasteiger partial charge in [-0.3, -0.25) is 9.59 Å². The van der Waals surface area contributed by atoms with Crippen molar-refractivity contribution in [2.75, 3.05) is 27.3 Å². The summed E-state index contributed by atoms with van der Waals surface area (Å²) in [7, 11) is 3.10. The molecule has 0 bridgehead atoms. The minimum atomic E-state index is -0.231. The number of carbonyl (C=O) groups excluding carboxylic acids is 2. The summed E-state index contributed by atoms with van der Waals surface area (Å²) in [5, 5.41) is 3.90. The van der Waals surface area contributed by atoms with E-state index in [1.165, 1.54) is 7.11 Å². The highest BCUT2D eigenvalue weighted by Crippen LogP contribution is 2.50. The highest BCUT2D eigenvalue weighted by atomic mass is 32.1. The largest absolute Gasteiger partial charge is 0.497 e. The van der Waals surface area contributed by atoms with Gasteiger partial charge >= 0.3 is 0 Å². The van der Waals surface area contributed by atoms with E-state index in [0.717, 1.165) is 27.4 Å². The second-order valence-corrected chi connectivity index (χ2v) is 10.4. The summed E-state index contributed by atoms with van der Waals surface area (Å²) in [5.41, 5.74) is 3.10. The number of thiazole rings is 1. The average molecular weight is 492 g/mol. The molecule has 7 nitrogen and oxygen atoms in total. The number of hydrogen-bond donors (Lipinski definition) is 1. The van der Waals surface area contributed by atoms with Crippen molar-refractivity contribution in [2.24, 2.45) is 11.8 Å². The molecular weight excluding hydrogens is 462 g/mol. The summed E-state index contributed by atoms with van der Waals surface area (Å²) in [6.45, 7) is 5.08. The molecule has 3 aromatic rings. The Bertz CT molecular complexity index is 1290. The summed E-state index contributed by atoms with van der Waals surface area (Å²) < 4.78 is 10.6. The Labute approximate surface area is 209 Å². The fraction of sp³-hybridized carbons (Fsp3) is 0.370. The molecule has 0 radical (unpaired) electrons. The number of nitrogens with one attached hydrogen (secondary N) is 1. The zero-order valence-corrected chi connectivity index (χ0v) is 21.1. The van der Waals surface area contributed by atoms with Crippen LogP contribution < -0.4 is 14.8 Å². The number of amides is 2. The number of nitrogens with zero attached hydrogens (tertiary/aromatic N) is 2. The number of piperidine rings is 1. The minimum absolute atomic E-state index is 0.0481. The fourth-order valence-electron chi connectivity index (χ4n) is 5.04. The topological polar surface area (TPSA) is 80.8 Å². The van der Waals surface area contributed by atoms with Gasteiger partial charge in [0, 0.05) is 19.2 Å². The lowest BCUT2D eigenvalue weighted by Gasteiger charge is -2.27. The van der Waals surface area contributed by atoms with Crippen LogP contribution in [0.1, 0.15) is 37.8 Å². The summed E-state index contributed by atoms with van der Waals surface area (Å²) in [6.07, 6.45) is 1.09. The van der Waals surface area contributed by atoms with Gasteiger partial charge in [0.25, 0.3) is 11.8 Å². The molecule has 1 N–H and O–H groups in total. The molecule has 182 valence electrons. The van der Waals surface area contributed by atoms with Crippen LogP contribution in [0, 0.1) is 25.7 Å². The van der Waals surface area contributed by atoms with Crippen LogP contribution in [0.15, 0.2) is 42.5 Å². The number of hydrogen-bond acceptors (Lipinski definition) is 6. The van der Waals surface area contributed by atoms with Crippen molar-refractivity contribution < 1.29 is 19.1 Å². The van der Waals surface area contributed by atoms with Crippen molar-refractivity contribution in [3.8, 4) is 21.9 Å². The molecular formula is C27H29N3O4S. The first-order valence-electron chi connectivity index (χ1n) is 11.7. The van der Waals surface area contributed by atoms with Crippen LogP contribution in [-0.4, -0.2) is 55.0 Å². The van der Waals surface area contributed by atoms with Gasteiger partial charge in [0.15, 0.2) is 0 Å². The van der Waals surface area contributed by atoms with Gasteiger partial charge in [-0.2, -0.15) is 0 Å². The molecule has 2 fully saturated rings. The maximum absolute atomic E-state index is 13.7. The second-order valence-electron chi connectivity index (χ2n) is 9.24. The van der Waals surface area contributed by atoms with Crippen LogP contribution >= 0.6 is 11.3 Å². The second kappa shape index (κ2) is 9.34. The van der Waals surface area contributed by atoms with E-state index in [0.29, 0.717) is 47.7 Å². The van der Waals surface area contributed by atoms with E-state index >= 15 is 0 Å². The number of rotatable bonds is 7. The molecule has 1 aliphatic heterocycles. The minimum Gasteiger partial charge on any atom is -0.497 e. The monoisotopic (exact) mass is 491 g/mol. The predicted molar refractivity (Wildman–Crippen MR) is 135 cm³/mol. The van der Waals surface area contributed by atoms with Crippen molar-refractivity contribution in [3.63, 3.8) is 0 Å². The Balaban J connectivity index is 1.34. The molecule has 2 aromatic carbocycles. The molecule has 1 saturated carbocycles. The molecule has 5 rings (SSSR count). The van der Waals surface area contributed by atoms with Crippen molar-refractivity contribution in [3.05, 3.63) is 64.3 Å². The molecule has 3 atom stereocenters. The Morgan fingerprint density at radius 3 is 2.71 bits per heavy atom. The van der Waals surface area contributed by atoms with E-state index in [2.05, 4.69) is 16.4 Å². The van der Waals surface area contributed by atoms with Crippen LogP contribution in [0.4, 0.5) is 0 Å². The molecule has 0 spiro atoms. The van der Waals surface area contributed by atoms with Crippen molar-refractivity contribution >= 4 is 23.2 Å². The molecule has 2 amide bonds. The molecule has 1 aromatic heterocycles. The van der Waals surface area contributed by atoms with E-state index < -0.39 is 0 Å². The maximum Gasteiger partial charge on any atom is 0.274 e. The Hall–Kier alpha value is -3.39. The van der Waals surface area contributed by atoms with Crippen LogP contribution in [0.5, 0.6) is 11.5 Å². The number of carbonyl (C=O) groups is 2. The molecule has 1 aliphatic carbocycles. The Morgan fingerprint density at radius 2 is 1.97 bits per heavy atom. The quantitative estimate of drug-likeness (QED) is 0.532. The van der Waals surface area contributed by atoms with Crippen molar-refractivity contribution in [1.29, 1.82) is 0 Å². The van der Waals surface area contributed by atoms with E-state index in [4.69, 9.17) is 9.47 Å². The first-order chi connectivity index (χ1) is 16.9. The van der Waals surface area contributed by atoms with E-state index in [9.17, 15) is 9.59 Å². The van der Waals surface area contributed by atoms with Crippen molar-refractivity contribution in [2.45, 2.75) is 26.3 Å². The summed E-state index contributed by atoms with van der Waals surface area (Å²) in [6, 6.07) is 13.2. The average Bonchev–Trinajstić information content (AvgIpc) is 3.37. The number of ether oxygens (including phenoxy) is 2. The molecule has 1 unspecified atom stereocenters. The van der Waals surface area contributed by atoms with Crippen LogP contribution in [-0.2, 0) is 0 Å². The van der Waals surface area contributed by atoms with Gasteiger partial charge in [0.2, 0.25) is 0 Å². The highest BCUT2D eigenvalue weighted by Gasteiger charge is 2.54. The third kappa shape index (κ3) is 4.50. The third-order valence-corrected chi connectivity index (χ3v) is 7.93. The first-order valence-corrected chi connectivity index (χ1v) is 12.6. The van der Waals surface area contributed by atoms with E-state index in [-0.39, 0.29) is 17.9 Å². The van der Waals surface area contributed by atoms with Crippen LogP contribution in [0.25, 0.3) is 10.4 Å².